The van der Waals surface area contributed by atoms with E-state index >= 15 is 0 Å². The fourth-order valence-electron chi connectivity index (χ4n) is 1.65. The molecule has 0 aliphatic heterocycles. The lowest BCUT2D eigenvalue weighted by molar-refractivity contribution is 0.0607. The average molecular weight is 370 g/mol. The highest BCUT2D eigenvalue weighted by molar-refractivity contribution is 9.10. The largest absolute Gasteiger partial charge is 0.497 e. The number of anilines is 1. The van der Waals surface area contributed by atoms with Crippen LogP contribution in [-0.4, -0.2) is 26.1 Å². The Kier molecular flexibility index (Phi) is 4.98. The van der Waals surface area contributed by atoms with E-state index in [-0.39, 0.29) is 5.91 Å². The third-order valence-electron chi connectivity index (χ3n) is 2.70. The first-order valence-electron chi connectivity index (χ1n) is 5.87. The van der Waals surface area contributed by atoms with Gasteiger partial charge in [-0.15, -0.1) is 11.3 Å². The molecule has 0 bridgehead atoms. The van der Waals surface area contributed by atoms with Crippen molar-refractivity contribution >= 4 is 44.8 Å². The van der Waals surface area contributed by atoms with Gasteiger partial charge in [0.15, 0.2) is 0 Å². The Labute approximate surface area is 134 Å². The lowest BCUT2D eigenvalue weighted by Gasteiger charge is -2.08. The molecule has 0 aliphatic carbocycles. The predicted molar refractivity (Wildman–Crippen MR) is 84.3 cm³/mol. The second-order valence-electron chi connectivity index (χ2n) is 3.95. The van der Waals surface area contributed by atoms with Crippen LogP contribution in [-0.2, 0) is 4.74 Å². The highest BCUT2D eigenvalue weighted by atomic mass is 79.9. The first kappa shape index (κ1) is 15.5. The van der Waals surface area contributed by atoms with Crippen LogP contribution in [0, 0.1) is 0 Å². The number of methoxy groups -OCH3 is 2. The molecule has 0 saturated carbocycles. The summed E-state index contributed by atoms with van der Waals surface area (Å²) in [6.45, 7) is 0. The SMILES string of the molecule is COC(=O)c1sccc1NC(=O)c1cc(OC)ccc1Br. The van der Waals surface area contributed by atoms with Gasteiger partial charge in [-0.25, -0.2) is 4.79 Å². The second-order valence-corrected chi connectivity index (χ2v) is 5.73. The molecule has 1 amide bonds. The van der Waals surface area contributed by atoms with E-state index < -0.39 is 5.97 Å². The molecule has 110 valence electrons. The number of thiophene rings is 1. The Morgan fingerprint density at radius 3 is 2.67 bits per heavy atom. The molecule has 1 aromatic carbocycles. The summed E-state index contributed by atoms with van der Waals surface area (Å²) in [5, 5.41) is 4.41. The van der Waals surface area contributed by atoms with E-state index in [0.29, 0.717) is 26.4 Å². The van der Waals surface area contributed by atoms with Crippen molar-refractivity contribution in [2.45, 2.75) is 0 Å². The highest BCUT2D eigenvalue weighted by Gasteiger charge is 2.18. The Morgan fingerprint density at radius 2 is 2.00 bits per heavy atom. The minimum atomic E-state index is -0.481. The quantitative estimate of drug-likeness (QED) is 0.836. The summed E-state index contributed by atoms with van der Waals surface area (Å²) in [5.41, 5.74) is 0.836. The maximum Gasteiger partial charge on any atom is 0.350 e. The van der Waals surface area contributed by atoms with Crippen molar-refractivity contribution in [2.24, 2.45) is 0 Å². The molecule has 2 aromatic rings. The van der Waals surface area contributed by atoms with E-state index in [0.717, 1.165) is 0 Å². The summed E-state index contributed by atoms with van der Waals surface area (Å²) < 4.78 is 10.4. The van der Waals surface area contributed by atoms with Crippen LogP contribution in [0.4, 0.5) is 5.69 Å². The molecule has 0 aliphatic rings. The second kappa shape index (κ2) is 6.73. The van der Waals surface area contributed by atoms with Crippen molar-refractivity contribution in [2.75, 3.05) is 19.5 Å². The molecule has 1 aromatic heterocycles. The minimum absolute atomic E-state index is 0.343. The molecule has 7 heteroatoms. The van der Waals surface area contributed by atoms with Gasteiger partial charge in [-0.3, -0.25) is 4.79 Å². The molecule has 0 radical (unpaired) electrons. The van der Waals surface area contributed by atoms with Crippen molar-refractivity contribution in [3.05, 3.63) is 44.6 Å². The molecular formula is C14H12BrNO4S. The van der Waals surface area contributed by atoms with Crippen LogP contribution >= 0.6 is 27.3 Å². The van der Waals surface area contributed by atoms with E-state index in [1.807, 2.05) is 0 Å². The van der Waals surface area contributed by atoms with Gasteiger partial charge in [-0.1, -0.05) is 0 Å². The number of hydrogen-bond donors (Lipinski definition) is 1. The monoisotopic (exact) mass is 369 g/mol. The topological polar surface area (TPSA) is 64.6 Å². The van der Waals surface area contributed by atoms with Crippen LogP contribution in [0.25, 0.3) is 0 Å². The molecule has 1 heterocycles. The van der Waals surface area contributed by atoms with E-state index in [1.54, 1.807) is 29.6 Å². The van der Waals surface area contributed by atoms with Crippen molar-refractivity contribution in [1.82, 2.24) is 0 Å². The van der Waals surface area contributed by atoms with Gasteiger partial charge in [0.05, 0.1) is 25.5 Å². The van der Waals surface area contributed by atoms with Gasteiger partial charge in [0.2, 0.25) is 0 Å². The van der Waals surface area contributed by atoms with Crippen molar-refractivity contribution in [1.29, 1.82) is 0 Å². The normalized spacial score (nSPS) is 10.0. The molecular weight excluding hydrogens is 358 g/mol. The Hall–Kier alpha value is -1.86. The zero-order valence-corrected chi connectivity index (χ0v) is 13.7. The molecule has 0 unspecified atom stereocenters. The maximum absolute atomic E-state index is 12.3. The number of nitrogens with one attached hydrogen (secondary N) is 1. The summed E-state index contributed by atoms with van der Waals surface area (Å²) in [7, 11) is 2.82. The number of amides is 1. The smallest absolute Gasteiger partial charge is 0.350 e. The summed E-state index contributed by atoms with van der Waals surface area (Å²) in [6.07, 6.45) is 0. The average Bonchev–Trinajstić information content (AvgIpc) is 2.95. The number of benzene rings is 1. The van der Waals surface area contributed by atoms with Crippen LogP contribution in [0.2, 0.25) is 0 Å². The molecule has 1 N–H and O–H groups in total. The third-order valence-corrected chi connectivity index (χ3v) is 4.29. The van der Waals surface area contributed by atoms with Gasteiger partial charge in [0.25, 0.3) is 5.91 Å². The summed E-state index contributed by atoms with van der Waals surface area (Å²) >= 11 is 4.53. The van der Waals surface area contributed by atoms with Crippen LogP contribution in [0.3, 0.4) is 0 Å². The first-order chi connectivity index (χ1) is 10.1. The number of esters is 1. The van der Waals surface area contributed by atoms with Gasteiger partial charge < -0.3 is 14.8 Å². The molecule has 0 saturated heterocycles. The Balaban J connectivity index is 2.26. The lowest BCUT2D eigenvalue weighted by atomic mass is 10.2. The number of carbonyl (C=O) groups excluding carboxylic acids is 2. The minimum Gasteiger partial charge on any atom is -0.497 e. The van der Waals surface area contributed by atoms with Gasteiger partial charge in [0, 0.05) is 4.47 Å². The highest BCUT2D eigenvalue weighted by Crippen LogP contribution is 2.26. The molecule has 0 fully saturated rings. The number of ether oxygens (including phenoxy) is 2. The van der Waals surface area contributed by atoms with E-state index in [9.17, 15) is 9.59 Å². The maximum atomic E-state index is 12.3. The predicted octanol–water partition coefficient (Wildman–Crippen LogP) is 3.56. The molecule has 0 atom stereocenters. The lowest BCUT2D eigenvalue weighted by Crippen LogP contribution is -2.14. The van der Waals surface area contributed by atoms with Gasteiger partial charge in [0.1, 0.15) is 10.6 Å². The first-order valence-corrected chi connectivity index (χ1v) is 7.54. The molecule has 21 heavy (non-hydrogen) atoms. The molecule has 0 spiro atoms. The van der Waals surface area contributed by atoms with Gasteiger partial charge >= 0.3 is 5.97 Å². The third kappa shape index (κ3) is 3.43. The Morgan fingerprint density at radius 1 is 1.24 bits per heavy atom. The van der Waals surface area contributed by atoms with Gasteiger partial charge in [-0.2, -0.15) is 0 Å². The molecule has 2 rings (SSSR count). The van der Waals surface area contributed by atoms with Crippen LogP contribution in [0.5, 0.6) is 5.75 Å². The van der Waals surface area contributed by atoms with Crippen LogP contribution in [0.1, 0.15) is 20.0 Å². The van der Waals surface area contributed by atoms with Gasteiger partial charge in [-0.05, 0) is 45.6 Å². The van der Waals surface area contributed by atoms with Crippen molar-refractivity contribution < 1.29 is 19.1 Å². The number of rotatable bonds is 4. The fourth-order valence-corrected chi connectivity index (χ4v) is 2.85. The zero-order valence-electron chi connectivity index (χ0n) is 11.3. The zero-order chi connectivity index (χ0) is 15.4. The van der Waals surface area contributed by atoms with Crippen molar-refractivity contribution in [3.63, 3.8) is 0 Å². The Bertz CT molecular complexity index is 683. The number of carbonyl (C=O) groups is 2. The van der Waals surface area contributed by atoms with E-state index in [1.165, 1.54) is 25.6 Å². The summed E-state index contributed by atoms with van der Waals surface area (Å²) in [5.74, 6) is -0.254. The van der Waals surface area contributed by atoms with Crippen LogP contribution in [0.15, 0.2) is 34.1 Å². The molecule has 5 nitrogen and oxygen atoms in total. The summed E-state index contributed by atoms with van der Waals surface area (Å²) in [4.78, 5) is 24.3. The number of hydrogen-bond acceptors (Lipinski definition) is 5. The fraction of sp³-hybridized carbons (Fsp3) is 0.143. The number of halogens is 1. The van der Waals surface area contributed by atoms with Crippen LogP contribution < -0.4 is 10.1 Å². The van der Waals surface area contributed by atoms with E-state index in [4.69, 9.17) is 4.74 Å². The van der Waals surface area contributed by atoms with Crippen molar-refractivity contribution in [3.8, 4) is 5.75 Å². The standard InChI is InChI=1S/C14H12BrNO4S/c1-19-8-3-4-10(15)9(7-8)13(17)16-11-5-6-21-12(11)14(18)20-2/h3-7H,1-2H3,(H,16,17). The van der Waals surface area contributed by atoms with E-state index in [2.05, 4.69) is 26.0 Å². The summed E-state index contributed by atoms with van der Waals surface area (Å²) in [6, 6.07) is 6.74.